The quantitative estimate of drug-likeness (QED) is 0.497. The van der Waals surface area contributed by atoms with E-state index >= 15 is 0 Å². The Hall–Kier alpha value is -2.77. The van der Waals surface area contributed by atoms with E-state index in [1.165, 1.54) is 0 Å². The zero-order valence-electron chi connectivity index (χ0n) is 16.1. The predicted molar refractivity (Wildman–Crippen MR) is 114 cm³/mol. The fraction of sp³-hybridized carbons (Fsp3) is 0.333. The van der Waals surface area contributed by atoms with E-state index in [4.69, 9.17) is 11.6 Å². The van der Waals surface area contributed by atoms with Gasteiger partial charge in [0.1, 0.15) is 5.15 Å². The lowest BCUT2D eigenvalue weighted by Crippen LogP contribution is -2.47. The molecule has 150 valence electrons. The molecule has 29 heavy (non-hydrogen) atoms. The third-order valence-corrected chi connectivity index (χ3v) is 5.27. The van der Waals surface area contributed by atoms with Crippen LogP contribution in [0.3, 0.4) is 0 Å². The van der Waals surface area contributed by atoms with Crippen LogP contribution < -0.4 is 10.2 Å². The Labute approximate surface area is 174 Å². The maximum Gasteiger partial charge on any atom is 0.251 e. The topological polar surface area (TPSA) is 74.2 Å². The number of carbonyl (C=O) groups is 1. The minimum atomic E-state index is -0.0621. The molecule has 0 aliphatic carbocycles. The van der Waals surface area contributed by atoms with Crippen LogP contribution in [0, 0.1) is 0 Å². The van der Waals surface area contributed by atoms with E-state index in [1.54, 1.807) is 24.5 Å². The first-order valence-electron chi connectivity index (χ1n) is 9.78. The van der Waals surface area contributed by atoms with Crippen LogP contribution in [0.5, 0.6) is 0 Å². The number of halogens is 1. The molecule has 1 saturated heterocycles. The number of benzene rings is 1. The van der Waals surface area contributed by atoms with Crippen LogP contribution in [0.4, 0.5) is 5.95 Å². The van der Waals surface area contributed by atoms with Crippen molar-refractivity contribution in [1.29, 1.82) is 0 Å². The number of pyridine rings is 1. The summed E-state index contributed by atoms with van der Waals surface area (Å²) >= 11 is 5.91. The molecule has 1 aliphatic rings. The normalized spacial score (nSPS) is 14.9. The smallest absolute Gasteiger partial charge is 0.251 e. The Morgan fingerprint density at radius 3 is 2.66 bits per heavy atom. The molecule has 0 unspecified atom stereocenters. The van der Waals surface area contributed by atoms with Crippen molar-refractivity contribution in [2.24, 2.45) is 0 Å². The van der Waals surface area contributed by atoms with Crippen LogP contribution in [0.2, 0.25) is 5.15 Å². The molecule has 0 atom stereocenters. The minimum Gasteiger partial charge on any atom is -0.352 e. The maximum atomic E-state index is 12.4. The molecule has 1 aliphatic heterocycles. The van der Waals surface area contributed by atoms with E-state index in [2.05, 4.69) is 30.1 Å². The number of anilines is 1. The number of amides is 1. The Kier molecular flexibility index (Phi) is 6.17. The zero-order chi connectivity index (χ0) is 20.1. The number of hydrogen-bond donors (Lipinski definition) is 1. The van der Waals surface area contributed by atoms with E-state index in [-0.39, 0.29) is 5.91 Å². The van der Waals surface area contributed by atoms with Crippen LogP contribution in [0.25, 0.3) is 10.9 Å². The highest BCUT2D eigenvalue weighted by Gasteiger charge is 2.18. The van der Waals surface area contributed by atoms with E-state index in [9.17, 15) is 4.79 Å². The highest BCUT2D eigenvalue weighted by molar-refractivity contribution is 6.29. The van der Waals surface area contributed by atoms with Gasteiger partial charge in [-0.05, 0) is 49.4 Å². The van der Waals surface area contributed by atoms with Gasteiger partial charge in [0.15, 0.2) is 0 Å². The molecule has 3 heterocycles. The van der Waals surface area contributed by atoms with Crippen molar-refractivity contribution >= 4 is 34.4 Å². The van der Waals surface area contributed by atoms with E-state index < -0.39 is 0 Å². The second kappa shape index (κ2) is 9.15. The van der Waals surface area contributed by atoms with Gasteiger partial charge in [-0.15, -0.1) is 0 Å². The Bertz CT molecular complexity index is 975. The molecular formula is C21H23ClN6O. The fourth-order valence-electron chi connectivity index (χ4n) is 3.47. The van der Waals surface area contributed by atoms with Crippen molar-refractivity contribution in [3.05, 3.63) is 59.5 Å². The number of nitrogens with one attached hydrogen (secondary N) is 1. The summed E-state index contributed by atoms with van der Waals surface area (Å²) in [6.07, 6.45) is 4.47. The second-order valence-electron chi connectivity index (χ2n) is 7.03. The number of nitrogens with zero attached hydrogens (tertiary/aromatic N) is 5. The summed E-state index contributed by atoms with van der Waals surface area (Å²) in [6.45, 7) is 5.41. The van der Waals surface area contributed by atoms with Gasteiger partial charge in [-0.3, -0.25) is 9.69 Å². The molecule has 8 heteroatoms. The summed E-state index contributed by atoms with van der Waals surface area (Å²) in [5, 5.41) is 4.36. The van der Waals surface area contributed by atoms with Gasteiger partial charge in [0.25, 0.3) is 5.91 Å². The molecule has 0 radical (unpaired) electrons. The van der Waals surface area contributed by atoms with Gasteiger partial charge in [-0.25, -0.2) is 15.0 Å². The first-order chi connectivity index (χ1) is 14.2. The molecule has 3 aromatic rings. The summed E-state index contributed by atoms with van der Waals surface area (Å²) in [5.74, 6) is 0.736. The summed E-state index contributed by atoms with van der Waals surface area (Å²) in [6, 6.07) is 10.9. The number of hydrogen-bond acceptors (Lipinski definition) is 6. The van der Waals surface area contributed by atoms with Gasteiger partial charge < -0.3 is 10.2 Å². The van der Waals surface area contributed by atoms with Crippen molar-refractivity contribution in [2.45, 2.75) is 6.42 Å². The van der Waals surface area contributed by atoms with E-state index in [0.717, 1.165) is 56.0 Å². The third kappa shape index (κ3) is 4.99. The van der Waals surface area contributed by atoms with Crippen molar-refractivity contribution < 1.29 is 4.79 Å². The Morgan fingerprint density at radius 1 is 1.07 bits per heavy atom. The maximum absolute atomic E-state index is 12.4. The fourth-order valence-corrected chi connectivity index (χ4v) is 3.63. The molecule has 2 aromatic heterocycles. The zero-order valence-corrected chi connectivity index (χ0v) is 16.8. The lowest BCUT2D eigenvalue weighted by atomic mass is 10.1. The van der Waals surface area contributed by atoms with Gasteiger partial charge in [-0.2, -0.15) is 0 Å². The number of rotatable bonds is 6. The van der Waals surface area contributed by atoms with Crippen LogP contribution >= 0.6 is 11.6 Å². The van der Waals surface area contributed by atoms with E-state index in [0.29, 0.717) is 17.3 Å². The Balaban J connectivity index is 1.20. The van der Waals surface area contributed by atoms with E-state index in [1.807, 2.05) is 24.3 Å². The second-order valence-corrected chi connectivity index (χ2v) is 7.42. The number of fused-ring (bicyclic) bond motifs is 1. The van der Waals surface area contributed by atoms with Crippen molar-refractivity contribution in [2.75, 3.05) is 44.2 Å². The highest BCUT2D eigenvalue weighted by Crippen LogP contribution is 2.17. The molecule has 0 saturated carbocycles. The largest absolute Gasteiger partial charge is 0.352 e. The van der Waals surface area contributed by atoms with Crippen molar-refractivity contribution in [1.82, 2.24) is 25.2 Å². The lowest BCUT2D eigenvalue weighted by Gasteiger charge is -2.34. The molecule has 1 N–H and O–H groups in total. The summed E-state index contributed by atoms with van der Waals surface area (Å²) in [7, 11) is 0. The van der Waals surface area contributed by atoms with Crippen LogP contribution in [0.1, 0.15) is 16.8 Å². The van der Waals surface area contributed by atoms with Crippen molar-refractivity contribution in [3.8, 4) is 0 Å². The van der Waals surface area contributed by atoms with Gasteiger partial charge in [-0.1, -0.05) is 11.6 Å². The molecular weight excluding hydrogens is 388 g/mol. The number of aromatic nitrogens is 3. The van der Waals surface area contributed by atoms with Gasteiger partial charge >= 0.3 is 0 Å². The van der Waals surface area contributed by atoms with Crippen LogP contribution in [-0.4, -0.2) is 65.0 Å². The highest BCUT2D eigenvalue weighted by atomic mass is 35.5. The average molecular weight is 411 g/mol. The molecule has 4 rings (SSSR count). The lowest BCUT2D eigenvalue weighted by molar-refractivity contribution is 0.0951. The number of piperazine rings is 1. The molecule has 1 fully saturated rings. The van der Waals surface area contributed by atoms with Gasteiger partial charge in [0.05, 0.1) is 5.52 Å². The summed E-state index contributed by atoms with van der Waals surface area (Å²) < 4.78 is 0. The third-order valence-electron chi connectivity index (χ3n) is 5.06. The minimum absolute atomic E-state index is 0.0621. The molecule has 0 spiro atoms. The summed E-state index contributed by atoms with van der Waals surface area (Å²) in [4.78, 5) is 29.9. The van der Waals surface area contributed by atoms with Crippen LogP contribution in [0.15, 0.2) is 48.8 Å². The summed E-state index contributed by atoms with van der Waals surface area (Å²) in [5.41, 5.74) is 1.42. The average Bonchev–Trinajstić information content (AvgIpc) is 2.77. The standard InChI is InChI=1S/C21H23ClN6O/c22-19-6-4-16-15-17(3-5-18(16)26-19)20(29)23-9-2-10-27-11-13-28(14-12-27)21-24-7-1-8-25-21/h1,3-8,15H,2,9-14H2,(H,23,29). The molecule has 1 amide bonds. The van der Waals surface area contributed by atoms with Gasteiger partial charge in [0, 0.05) is 56.1 Å². The monoisotopic (exact) mass is 410 g/mol. The number of carbonyl (C=O) groups excluding carboxylic acids is 1. The van der Waals surface area contributed by atoms with Gasteiger partial charge in [0.2, 0.25) is 5.95 Å². The van der Waals surface area contributed by atoms with Crippen molar-refractivity contribution in [3.63, 3.8) is 0 Å². The first kappa shape index (κ1) is 19.5. The molecule has 0 bridgehead atoms. The Morgan fingerprint density at radius 2 is 1.86 bits per heavy atom. The molecule has 1 aromatic carbocycles. The first-order valence-corrected chi connectivity index (χ1v) is 10.2. The SMILES string of the molecule is O=C(NCCCN1CCN(c2ncccn2)CC1)c1ccc2nc(Cl)ccc2c1. The molecule has 7 nitrogen and oxygen atoms in total. The predicted octanol–water partition coefficient (Wildman–Crippen LogP) is 2.62. The van der Waals surface area contributed by atoms with Crippen LogP contribution in [-0.2, 0) is 0 Å².